The Kier molecular flexibility index (Phi) is 4.45. The molecular formula is C8H13IO3. The van der Waals surface area contributed by atoms with Crippen LogP contribution in [0.25, 0.3) is 0 Å². The maximum atomic E-state index is 10.8. The van der Waals surface area contributed by atoms with E-state index in [4.69, 9.17) is 9.47 Å². The zero-order valence-corrected chi connectivity index (χ0v) is 9.24. The minimum atomic E-state index is -0.339. The lowest BCUT2D eigenvalue weighted by Crippen LogP contribution is -2.28. The molecule has 1 heterocycles. The number of carbonyl (C=O) groups is 1. The maximum Gasteiger partial charge on any atom is 0.220 e. The highest BCUT2D eigenvalue weighted by atomic mass is 127. The standard InChI is InChI=1S/C8H13IO3/c1-6(8(9)10)12-7-4-2-3-5-11-7/h6-7H,2-5H2,1H3/t6-,7?/m1/s1. The van der Waals surface area contributed by atoms with Crippen molar-refractivity contribution >= 4 is 26.4 Å². The summed E-state index contributed by atoms with van der Waals surface area (Å²) in [7, 11) is 0. The highest BCUT2D eigenvalue weighted by Crippen LogP contribution is 2.16. The number of halogens is 1. The van der Waals surface area contributed by atoms with Crippen molar-refractivity contribution in [2.45, 2.75) is 38.6 Å². The number of hydrogen-bond donors (Lipinski definition) is 0. The summed E-state index contributed by atoms with van der Waals surface area (Å²) in [5.41, 5.74) is 0. The summed E-state index contributed by atoms with van der Waals surface area (Å²) in [5, 5.41) is 0. The number of ether oxygens (including phenoxy) is 2. The van der Waals surface area contributed by atoms with Crippen LogP contribution in [-0.4, -0.2) is 22.8 Å². The topological polar surface area (TPSA) is 35.5 Å². The summed E-state index contributed by atoms with van der Waals surface area (Å²) in [5.74, 6) is 0. The van der Waals surface area contributed by atoms with Crippen LogP contribution in [0.4, 0.5) is 0 Å². The molecule has 0 radical (unpaired) electrons. The third kappa shape index (κ3) is 3.37. The van der Waals surface area contributed by atoms with Gasteiger partial charge in [0, 0.05) is 29.2 Å². The molecule has 0 aromatic heterocycles. The van der Waals surface area contributed by atoms with Crippen molar-refractivity contribution < 1.29 is 14.3 Å². The van der Waals surface area contributed by atoms with Gasteiger partial charge in [0.25, 0.3) is 0 Å². The lowest BCUT2D eigenvalue weighted by Gasteiger charge is -2.24. The van der Waals surface area contributed by atoms with Crippen molar-refractivity contribution in [3.8, 4) is 0 Å². The second-order valence-electron chi connectivity index (χ2n) is 2.88. The van der Waals surface area contributed by atoms with Crippen molar-refractivity contribution in [3.05, 3.63) is 0 Å². The Labute approximate surface area is 85.9 Å². The van der Waals surface area contributed by atoms with Crippen LogP contribution in [0, 0.1) is 0 Å². The first kappa shape index (κ1) is 10.4. The van der Waals surface area contributed by atoms with Crippen molar-refractivity contribution in [1.29, 1.82) is 0 Å². The minimum absolute atomic E-state index is 0.0294. The molecule has 0 N–H and O–H groups in total. The summed E-state index contributed by atoms with van der Waals surface area (Å²) in [4.78, 5) is 10.8. The zero-order valence-electron chi connectivity index (χ0n) is 7.09. The fraction of sp³-hybridized carbons (Fsp3) is 0.875. The monoisotopic (exact) mass is 284 g/mol. The average molecular weight is 284 g/mol. The molecule has 1 aliphatic heterocycles. The minimum Gasteiger partial charge on any atom is -0.353 e. The van der Waals surface area contributed by atoms with E-state index in [1.165, 1.54) is 0 Å². The fourth-order valence-electron chi connectivity index (χ4n) is 1.10. The van der Waals surface area contributed by atoms with Crippen molar-refractivity contribution in [2.75, 3.05) is 6.61 Å². The Hall–Kier alpha value is 0.320. The van der Waals surface area contributed by atoms with Crippen molar-refractivity contribution in [3.63, 3.8) is 0 Å². The summed E-state index contributed by atoms with van der Waals surface area (Å²) in [6.45, 7) is 2.51. The van der Waals surface area contributed by atoms with Gasteiger partial charge in [-0.1, -0.05) is 0 Å². The van der Waals surface area contributed by atoms with E-state index < -0.39 is 0 Å². The molecule has 1 unspecified atom stereocenters. The molecule has 0 amide bonds. The number of hydrogen-bond acceptors (Lipinski definition) is 3. The molecule has 0 saturated carbocycles. The molecule has 1 fully saturated rings. The van der Waals surface area contributed by atoms with Crippen LogP contribution >= 0.6 is 22.6 Å². The van der Waals surface area contributed by atoms with Crippen LogP contribution in [0.1, 0.15) is 26.2 Å². The number of carbonyl (C=O) groups excluding carboxylic acids is 1. The summed E-state index contributed by atoms with van der Waals surface area (Å²) < 4.78 is 10.7. The predicted octanol–water partition coefficient (Wildman–Crippen LogP) is 1.88. The first-order valence-electron chi connectivity index (χ1n) is 4.16. The van der Waals surface area contributed by atoms with Gasteiger partial charge in [-0.2, -0.15) is 0 Å². The summed E-state index contributed by atoms with van der Waals surface area (Å²) >= 11 is 1.75. The lowest BCUT2D eigenvalue weighted by atomic mass is 10.2. The van der Waals surface area contributed by atoms with Crippen LogP contribution in [0.15, 0.2) is 0 Å². The first-order valence-corrected chi connectivity index (χ1v) is 5.24. The molecule has 2 atom stereocenters. The van der Waals surface area contributed by atoms with E-state index >= 15 is 0 Å². The van der Waals surface area contributed by atoms with E-state index in [9.17, 15) is 4.79 Å². The second kappa shape index (κ2) is 5.14. The molecule has 3 nitrogen and oxygen atoms in total. The third-order valence-corrected chi connectivity index (χ3v) is 2.69. The van der Waals surface area contributed by atoms with E-state index in [-0.39, 0.29) is 16.2 Å². The fourth-order valence-corrected chi connectivity index (χ4v) is 1.25. The molecule has 1 saturated heterocycles. The summed E-state index contributed by atoms with van der Waals surface area (Å²) in [6, 6.07) is 0. The SMILES string of the molecule is C[C@@H](OC1CCCCO1)C(=O)I. The van der Waals surface area contributed by atoms with Crippen LogP contribution in [0.3, 0.4) is 0 Å². The van der Waals surface area contributed by atoms with E-state index in [1.54, 1.807) is 29.5 Å². The van der Waals surface area contributed by atoms with Crippen LogP contribution in [0.2, 0.25) is 0 Å². The van der Waals surface area contributed by atoms with Gasteiger partial charge in [-0.05, 0) is 26.2 Å². The van der Waals surface area contributed by atoms with Gasteiger partial charge < -0.3 is 9.47 Å². The molecule has 1 aliphatic rings. The molecule has 1 rings (SSSR count). The van der Waals surface area contributed by atoms with Gasteiger partial charge >= 0.3 is 0 Å². The van der Waals surface area contributed by atoms with Gasteiger partial charge in [0.2, 0.25) is 3.79 Å². The van der Waals surface area contributed by atoms with E-state index in [2.05, 4.69) is 0 Å². The van der Waals surface area contributed by atoms with E-state index in [0.717, 1.165) is 25.9 Å². The normalized spacial score (nSPS) is 26.7. The lowest BCUT2D eigenvalue weighted by molar-refractivity contribution is -0.183. The third-order valence-electron chi connectivity index (χ3n) is 1.81. The van der Waals surface area contributed by atoms with E-state index in [1.807, 2.05) is 0 Å². The Balaban J connectivity index is 2.24. The highest BCUT2D eigenvalue weighted by molar-refractivity contribution is 14.1. The van der Waals surface area contributed by atoms with Gasteiger partial charge in [0.1, 0.15) is 6.10 Å². The molecule has 0 aromatic rings. The van der Waals surface area contributed by atoms with Crippen molar-refractivity contribution in [2.24, 2.45) is 0 Å². The average Bonchev–Trinajstić information content (AvgIpc) is 2.06. The van der Waals surface area contributed by atoms with Gasteiger partial charge in [-0.15, -0.1) is 0 Å². The Morgan fingerprint density at radius 3 is 2.92 bits per heavy atom. The van der Waals surface area contributed by atoms with Gasteiger partial charge in [0.05, 0.1) is 0 Å². The molecule has 0 aromatic carbocycles. The van der Waals surface area contributed by atoms with Crippen LogP contribution < -0.4 is 0 Å². The van der Waals surface area contributed by atoms with Gasteiger partial charge in [0.15, 0.2) is 6.29 Å². The molecule has 4 heteroatoms. The molecule has 0 spiro atoms. The Bertz CT molecular complexity index is 154. The Morgan fingerprint density at radius 1 is 1.67 bits per heavy atom. The molecule has 0 bridgehead atoms. The zero-order chi connectivity index (χ0) is 8.97. The van der Waals surface area contributed by atoms with Crippen molar-refractivity contribution in [1.82, 2.24) is 0 Å². The molecule has 0 aliphatic carbocycles. The molecule has 70 valence electrons. The second-order valence-corrected chi connectivity index (χ2v) is 3.94. The highest BCUT2D eigenvalue weighted by Gasteiger charge is 2.19. The van der Waals surface area contributed by atoms with Gasteiger partial charge in [-0.3, -0.25) is 4.79 Å². The molecular weight excluding hydrogens is 271 g/mol. The van der Waals surface area contributed by atoms with Crippen LogP contribution in [-0.2, 0) is 14.3 Å². The first-order chi connectivity index (χ1) is 5.70. The number of rotatable bonds is 3. The predicted molar refractivity (Wildman–Crippen MR) is 53.2 cm³/mol. The quantitative estimate of drug-likeness (QED) is 0.586. The Morgan fingerprint density at radius 2 is 2.42 bits per heavy atom. The largest absolute Gasteiger partial charge is 0.353 e. The van der Waals surface area contributed by atoms with E-state index in [0.29, 0.717) is 0 Å². The maximum absolute atomic E-state index is 10.8. The summed E-state index contributed by atoms with van der Waals surface area (Å²) in [6.07, 6.45) is 2.65. The smallest absolute Gasteiger partial charge is 0.220 e. The van der Waals surface area contributed by atoms with Crippen LogP contribution in [0.5, 0.6) is 0 Å². The molecule has 12 heavy (non-hydrogen) atoms. The van der Waals surface area contributed by atoms with Gasteiger partial charge in [-0.25, -0.2) is 0 Å².